The number of hydrogen-bond acceptors (Lipinski definition) is 1. The van der Waals surface area contributed by atoms with Gasteiger partial charge in [0.05, 0.1) is 0 Å². The van der Waals surface area contributed by atoms with Crippen LogP contribution in [0.15, 0.2) is 60.7 Å². The van der Waals surface area contributed by atoms with E-state index < -0.39 is 5.01 Å². The first-order valence-corrected chi connectivity index (χ1v) is 6.61. The molecule has 2 rings (SSSR count). The Morgan fingerprint density at radius 3 is 1.59 bits per heavy atom. The van der Waals surface area contributed by atoms with Gasteiger partial charge in [-0.2, -0.15) is 0 Å². The third-order valence-electron chi connectivity index (χ3n) is 2.83. The summed E-state index contributed by atoms with van der Waals surface area (Å²) in [6.45, 7) is 0. The third kappa shape index (κ3) is 3.42. The zero-order chi connectivity index (χ0) is 12.1. The fraction of sp³-hybridized carbons (Fsp3) is 0.200. The molecule has 0 aromatic heterocycles. The minimum Gasteiger partial charge on any atom is -0.382 e. The average molecular weight is 291 g/mol. The molecule has 0 saturated heterocycles. The second-order valence-corrected chi connectivity index (χ2v) is 5.10. The van der Waals surface area contributed by atoms with Crippen molar-refractivity contribution in [3.8, 4) is 0 Å². The molecule has 0 amide bonds. The first-order chi connectivity index (χ1) is 8.27. The van der Waals surface area contributed by atoms with Gasteiger partial charge in [0.2, 0.25) is 0 Å². The summed E-state index contributed by atoms with van der Waals surface area (Å²) in [4.78, 5) is 0. The van der Waals surface area contributed by atoms with E-state index in [-0.39, 0.29) is 5.92 Å². The lowest BCUT2D eigenvalue weighted by atomic mass is 9.89. The molecule has 0 bridgehead atoms. The van der Waals surface area contributed by atoms with Gasteiger partial charge in [0.25, 0.3) is 0 Å². The molecular weight excluding hydrogens is 276 g/mol. The van der Waals surface area contributed by atoms with Gasteiger partial charge in [0, 0.05) is 5.92 Å². The molecule has 0 spiro atoms. The third-order valence-corrected chi connectivity index (χ3v) is 3.21. The Hall–Kier alpha value is -1.12. The monoisotopic (exact) mass is 290 g/mol. The molecule has 0 aliphatic carbocycles. The van der Waals surface area contributed by atoms with Crippen LogP contribution in [0.5, 0.6) is 0 Å². The lowest BCUT2D eigenvalue weighted by Crippen LogP contribution is -2.07. The van der Waals surface area contributed by atoms with Crippen LogP contribution in [0.3, 0.4) is 0 Å². The Morgan fingerprint density at radius 2 is 1.24 bits per heavy atom. The molecule has 2 aromatic rings. The van der Waals surface area contributed by atoms with Gasteiger partial charge >= 0.3 is 0 Å². The van der Waals surface area contributed by atoms with Crippen LogP contribution in [-0.2, 0) is 0 Å². The maximum absolute atomic E-state index is 9.56. The van der Waals surface area contributed by atoms with E-state index in [1.54, 1.807) is 0 Å². The highest BCUT2D eigenvalue weighted by Gasteiger charge is 2.16. The molecule has 0 heterocycles. The molecule has 2 aromatic carbocycles. The Kier molecular flexibility index (Phi) is 4.35. The van der Waals surface area contributed by atoms with Crippen molar-refractivity contribution in [1.82, 2.24) is 0 Å². The Labute approximate surface area is 110 Å². The molecule has 0 aliphatic heterocycles. The molecule has 17 heavy (non-hydrogen) atoms. The van der Waals surface area contributed by atoms with Gasteiger partial charge in [-0.05, 0) is 17.5 Å². The van der Waals surface area contributed by atoms with Crippen LogP contribution in [0, 0.1) is 0 Å². The number of rotatable bonds is 4. The number of aliphatic hydroxyl groups excluding tert-OH is 1. The number of aliphatic hydroxyl groups is 1. The number of benzene rings is 2. The van der Waals surface area contributed by atoms with Gasteiger partial charge in [-0.15, -0.1) is 0 Å². The van der Waals surface area contributed by atoms with E-state index in [2.05, 4.69) is 40.2 Å². The van der Waals surface area contributed by atoms with E-state index in [1.165, 1.54) is 11.1 Å². The van der Waals surface area contributed by atoms with Gasteiger partial charge in [0.15, 0.2) is 0 Å². The summed E-state index contributed by atoms with van der Waals surface area (Å²) in [6.07, 6.45) is 0.675. The molecular formula is C15H15BrO. The highest BCUT2D eigenvalue weighted by atomic mass is 79.9. The molecule has 88 valence electrons. The van der Waals surface area contributed by atoms with Crippen LogP contribution in [0.1, 0.15) is 23.5 Å². The molecule has 2 heteroatoms. The maximum Gasteiger partial charge on any atom is 0.109 e. The van der Waals surface area contributed by atoms with E-state index in [9.17, 15) is 5.11 Å². The van der Waals surface area contributed by atoms with Crippen LogP contribution in [0.25, 0.3) is 0 Å². The minimum atomic E-state index is -0.479. The Balaban J connectivity index is 2.32. The minimum absolute atomic E-state index is 0.228. The van der Waals surface area contributed by atoms with Crippen LogP contribution in [-0.4, -0.2) is 10.1 Å². The summed E-state index contributed by atoms with van der Waals surface area (Å²) in [5, 5.41) is 9.08. The molecule has 0 radical (unpaired) electrons. The van der Waals surface area contributed by atoms with Crippen LogP contribution in [0.2, 0.25) is 0 Å². The predicted molar refractivity (Wildman–Crippen MR) is 74.3 cm³/mol. The smallest absolute Gasteiger partial charge is 0.109 e. The predicted octanol–water partition coefficient (Wildman–Crippen LogP) is 3.92. The largest absolute Gasteiger partial charge is 0.382 e. The van der Waals surface area contributed by atoms with Crippen LogP contribution < -0.4 is 0 Å². The fourth-order valence-electron chi connectivity index (χ4n) is 2.03. The molecule has 0 fully saturated rings. The molecule has 1 nitrogen and oxygen atoms in total. The summed E-state index contributed by atoms with van der Waals surface area (Å²) < 4.78 is 0. The average Bonchev–Trinajstić information content (AvgIpc) is 2.38. The Bertz CT molecular complexity index is 399. The fourth-order valence-corrected chi connectivity index (χ4v) is 2.40. The van der Waals surface area contributed by atoms with Crippen LogP contribution in [0.4, 0.5) is 0 Å². The van der Waals surface area contributed by atoms with Crippen molar-refractivity contribution in [2.75, 3.05) is 0 Å². The standard InChI is InChI=1S/C15H15BrO/c16-15(17)11-14(12-7-3-1-4-8-12)13-9-5-2-6-10-13/h1-10,14-15,17H,11H2. The normalized spacial score (nSPS) is 12.6. The lowest BCUT2D eigenvalue weighted by Gasteiger charge is -2.18. The molecule has 0 aliphatic rings. The summed E-state index contributed by atoms with van der Waals surface area (Å²) in [7, 11) is 0. The summed E-state index contributed by atoms with van der Waals surface area (Å²) >= 11 is 3.23. The first kappa shape index (κ1) is 12.3. The van der Waals surface area contributed by atoms with E-state index in [1.807, 2.05) is 36.4 Å². The number of hydrogen-bond donors (Lipinski definition) is 1. The van der Waals surface area contributed by atoms with Gasteiger partial charge in [-0.3, -0.25) is 0 Å². The number of alkyl halides is 1. The van der Waals surface area contributed by atoms with Gasteiger partial charge < -0.3 is 5.11 Å². The van der Waals surface area contributed by atoms with Crippen molar-refractivity contribution in [2.45, 2.75) is 17.4 Å². The SMILES string of the molecule is OC(Br)CC(c1ccccc1)c1ccccc1. The quantitative estimate of drug-likeness (QED) is 0.846. The lowest BCUT2D eigenvalue weighted by molar-refractivity contribution is 0.253. The van der Waals surface area contributed by atoms with Crippen molar-refractivity contribution in [1.29, 1.82) is 0 Å². The second kappa shape index (κ2) is 5.99. The highest BCUT2D eigenvalue weighted by Crippen LogP contribution is 2.30. The van der Waals surface area contributed by atoms with Crippen molar-refractivity contribution in [3.05, 3.63) is 71.8 Å². The summed E-state index contributed by atoms with van der Waals surface area (Å²) in [6, 6.07) is 20.6. The van der Waals surface area contributed by atoms with E-state index in [4.69, 9.17) is 0 Å². The van der Waals surface area contributed by atoms with Crippen molar-refractivity contribution < 1.29 is 5.11 Å². The molecule has 1 atom stereocenters. The Morgan fingerprint density at radius 1 is 0.824 bits per heavy atom. The van der Waals surface area contributed by atoms with Crippen molar-refractivity contribution in [3.63, 3.8) is 0 Å². The first-order valence-electron chi connectivity index (χ1n) is 5.69. The van der Waals surface area contributed by atoms with Gasteiger partial charge in [-0.25, -0.2) is 0 Å². The maximum atomic E-state index is 9.56. The van der Waals surface area contributed by atoms with Gasteiger partial charge in [0.1, 0.15) is 5.01 Å². The molecule has 1 unspecified atom stereocenters. The van der Waals surface area contributed by atoms with Crippen molar-refractivity contribution in [2.24, 2.45) is 0 Å². The van der Waals surface area contributed by atoms with E-state index in [0.29, 0.717) is 6.42 Å². The topological polar surface area (TPSA) is 20.2 Å². The zero-order valence-corrected chi connectivity index (χ0v) is 11.0. The summed E-state index contributed by atoms with van der Waals surface area (Å²) in [5.74, 6) is 0.228. The van der Waals surface area contributed by atoms with Crippen molar-refractivity contribution >= 4 is 15.9 Å². The summed E-state index contributed by atoms with van der Waals surface area (Å²) in [5.41, 5.74) is 2.47. The molecule has 0 saturated carbocycles. The van der Waals surface area contributed by atoms with Crippen LogP contribution >= 0.6 is 15.9 Å². The zero-order valence-electron chi connectivity index (χ0n) is 9.46. The number of halogens is 1. The highest BCUT2D eigenvalue weighted by molar-refractivity contribution is 9.09. The van der Waals surface area contributed by atoms with E-state index >= 15 is 0 Å². The van der Waals surface area contributed by atoms with Gasteiger partial charge in [-0.1, -0.05) is 76.6 Å². The molecule has 1 N–H and O–H groups in total. The van der Waals surface area contributed by atoms with E-state index in [0.717, 1.165) is 0 Å². The second-order valence-electron chi connectivity index (χ2n) is 4.04.